The van der Waals surface area contributed by atoms with E-state index >= 15 is 0 Å². The Morgan fingerprint density at radius 1 is 0.938 bits per heavy atom. The van der Waals surface area contributed by atoms with Crippen molar-refractivity contribution in [3.05, 3.63) is 70.5 Å². The largest absolute Gasteiger partial charge is 0.391 e. The number of hydrogen-bond acceptors (Lipinski definition) is 3. The van der Waals surface area contributed by atoms with Crippen molar-refractivity contribution in [2.24, 2.45) is 5.92 Å². The molecule has 1 atom stereocenters. The second-order valence-electron chi connectivity index (χ2n) is 6.93. The monoisotopic (exact) mass is 480 g/mol. The van der Waals surface area contributed by atoms with Crippen molar-refractivity contribution in [3.8, 4) is 22.4 Å². The molecule has 0 N–H and O–H groups in total. The van der Waals surface area contributed by atoms with Crippen molar-refractivity contribution in [2.45, 2.75) is 33.4 Å². The molecule has 4 nitrogen and oxygen atoms in total. The predicted molar refractivity (Wildman–Crippen MR) is 122 cm³/mol. The van der Waals surface area contributed by atoms with Crippen LogP contribution in [0.3, 0.4) is 0 Å². The summed E-state index contributed by atoms with van der Waals surface area (Å²) in [4.78, 5) is 0. The van der Waals surface area contributed by atoms with Crippen LogP contribution in [0.4, 0.5) is 13.2 Å². The smallest absolute Gasteiger partial charge is 0.197 e. The topological polar surface area (TPSA) is 43.1 Å². The number of nitrogens with zero attached hydrogens (tertiary/aromatic N) is 4. The van der Waals surface area contributed by atoms with Gasteiger partial charge in [-0.05, 0) is 29.8 Å². The van der Waals surface area contributed by atoms with Gasteiger partial charge in [-0.1, -0.05) is 74.3 Å². The number of fused-ring (bicyclic) bond motifs is 1. The summed E-state index contributed by atoms with van der Waals surface area (Å²) in [6.45, 7) is 5.11. The van der Waals surface area contributed by atoms with Gasteiger partial charge < -0.3 is 0 Å². The number of hydrogen-bond donors (Lipinski definition) is 0. The van der Waals surface area contributed by atoms with E-state index in [0.29, 0.717) is 26.9 Å². The predicted octanol–water partition coefficient (Wildman–Crippen LogP) is 7.53. The van der Waals surface area contributed by atoms with E-state index in [2.05, 4.69) is 15.3 Å². The lowest BCUT2D eigenvalue weighted by molar-refractivity contribution is -0.169. The molecular weight excluding hydrogens is 460 g/mol. The lowest BCUT2D eigenvalue weighted by Crippen LogP contribution is -2.23. The van der Waals surface area contributed by atoms with Gasteiger partial charge in [-0.15, -0.1) is 10.2 Å². The molecule has 4 rings (SSSR count). The molecule has 9 heteroatoms. The zero-order valence-corrected chi connectivity index (χ0v) is 19.2. The van der Waals surface area contributed by atoms with Crippen molar-refractivity contribution in [1.29, 1.82) is 0 Å². The van der Waals surface area contributed by atoms with Crippen LogP contribution in [0.15, 0.2) is 54.6 Å². The van der Waals surface area contributed by atoms with Crippen molar-refractivity contribution in [1.82, 2.24) is 19.8 Å². The minimum atomic E-state index is -4.33. The van der Waals surface area contributed by atoms with Crippen LogP contribution in [0.2, 0.25) is 10.0 Å². The zero-order valence-electron chi connectivity index (χ0n) is 17.7. The number of rotatable bonds is 4. The molecule has 2 aromatic carbocycles. The van der Waals surface area contributed by atoms with Crippen LogP contribution in [-0.4, -0.2) is 26.0 Å². The summed E-state index contributed by atoms with van der Waals surface area (Å²) in [7, 11) is 0. The summed E-state index contributed by atoms with van der Waals surface area (Å²) in [6.07, 6.45) is -4.67. The van der Waals surface area contributed by atoms with Crippen molar-refractivity contribution in [2.75, 3.05) is 0 Å². The van der Waals surface area contributed by atoms with Gasteiger partial charge in [-0.25, -0.2) is 0 Å². The molecule has 0 aliphatic carbocycles. The molecular formula is C23H21Cl2F3N4. The van der Waals surface area contributed by atoms with Crippen LogP contribution >= 0.6 is 23.2 Å². The number of aromatic nitrogens is 4. The van der Waals surface area contributed by atoms with Gasteiger partial charge in [-0.2, -0.15) is 22.8 Å². The zero-order chi connectivity index (χ0) is 23.5. The molecule has 0 bridgehead atoms. The van der Waals surface area contributed by atoms with E-state index in [0.717, 1.165) is 18.1 Å². The van der Waals surface area contributed by atoms with E-state index in [1.165, 1.54) is 4.52 Å². The molecule has 168 valence electrons. The minimum absolute atomic E-state index is 0.130. The Labute approximate surface area is 194 Å². The van der Waals surface area contributed by atoms with Gasteiger partial charge in [0.25, 0.3) is 0 Å². The summed E-state index contributed by atoms with van der Waals surface area (Å²) < 4.78 is 40.5. The van der Waals surface area contributed by atoms with E-state index in [1.807, 2.05) is 32.0 Å². The number of benzene rings is 2. The van der Waals surface area contributed by atoms with Crippen LogP contribution in [0, 0.1) is 5.92 Å². The van der Waals surface area contributed by atoms with Crippen LogP contribution < -0.4 is 0 Å². The number of alkyl halides is 3. The van der Waals surface area contributed by atoms with Gasteiger partial charge in [0.2, 0.25) is 0 Å². The van der Waals surface area contributed by atoms with Crippen LogP contribution in [0.5, 0.6) is 0 Å². The Bertz CT molecular complexity index is 1200. The van der Waals surface area contributed by atoms with E-state index in [4.69, 9.17) is 23.2 Å². The van der Waals surface area contributed by atoms with Gasteiger partial charge in [0.05, 0.1) is 10.9 Å². The first-order valence-corrected chi connectivity index (χ1v) is 10.8. The van der Waals surface area contributed by atoms with Crippen molar-refractivity contribution < 1.29 is 13.2 Å². The maximum Gasteiger partial charge on any atom is 0.391 e. The Balaban J connectivity index is 0.00000141. The Morgan fingerprint density at radius 2 is 1.59 bits per heavy atom. The van der Waals surface area contributed by atoms with Gasteiger partial charge >= 0.3 is 6.18 Å². The average Bonchev–Trinajstić information content (AvgIpc) is 3.16. The molecule has 2 aromatic heterocycles. The summed E-state index contributed by atoms with van der Waals surface area (Å²) in [5, 5.41) is 13.6. The molecule has 0 spiro atoms. The van der Waals surface area contributed by atoms with Gasteiger partial charge in [-0.3, -0.25) is 0 Å². The molecule has 0 fully saturated rings. The van der Waals surface area contributed by atoms with Crippen LogP contribution in [0.1, 0.15) is 26.6 Å². The third-order valence-corrected chi connectivity index (χ3v) is 5.37. The Kier molecular flexibility index (Phi) is 7.41. The third kappa shape index (κ3) is 5.05. The summed E-state index contributed by atoms with van der Waals surface area (Å²) in [5.41, 5.74) is 3.04. The van der Waals surface area contributed by atoms with Gasteiger partial charge in [0, 0.05) is 22.6 Å². The van der Waals surface area contributed by atoms with Crippen molar-refractivity contribution in [3.63, 3.8) is 0 Å². The highest BCUT2D eigenvalue weighted by molar-refractivity contribution is 6.33. The maximum atomic E-state index is 13.1. The molecule has 0 saturated heterocycles. The lowest BCUT2D eigenvalue weighted by atomic mass is 10.00. The standard InChI is InChI=1S/C21H15Cl2F3N4.C2H6/c1-12(21(24,25)26)10-18-27-28-19-11-16(13-6-8-14(22)9-7-13)20(29-30(18)19)15-4-2-3-5-17(15)23;1-2/h2-9,11-12H,10H2,1H3;1-2H3. The first-order chi connectivity index (χ1) is 15.2. The van der Waals surface area contributed by atoms with Gasteiger partial charge in [0.1, 0.15) is 5.69 Å². The van der Waals surface area contributed by atoms with Gasteiger partial charge in [0.15, 0.2) is 11.5 Å². The molecule has 2 heterocycles. The van der Waals surface area contributed by atoms with Crippen molar-refractivity contribution >= 4 is 28.8 Å². The third-order valence-electron chi connectivity index (χ3n) is 4.79. The fourth-order valence-corrected chi connectivity index (χ4v) is 3.45. The van der Waals surface area contributed by atoms with E-state index in [1.54, 1.807) is 36.4 Å². The minimum Gasteiger partial charge on any atom is -0.197 e. The maximum absolute atomic E-state index is 13.1. The second kappa shape index (κ2) is 9.88. The lowest BCUT2D eigenvalue weighted by Gasteiger charge is -2.15. The first-order valence-electron chi connectivity index (χ1n) is 10.1. The summed E-state index contributed by atoms with van der Waals surface area (Å²) >= 11 is 12.4. The number of halogens is 5. The molecule has 0 amide bonds. The highest BCUT2D eigenvalue weighted by Crippen LogP contribution is 2.36. The Morgan fingerprint density at radius 3 is 2.22 bits per heavy atom. The van der Waals surface area contributed by atoms with E-state index in [9.17, 15) is 13.2 Å². The highest BCUT2D eigenvalue weighted by Gasteiger charge is 2.37. The van der Waals surface area contributed by atoms with E-state index < -0.39 is 12.1 Å². The molecule has 0 saturated carbocycles. The molecule has 32 heavy (non-hydrogen) atoms. The molecule has 0 aliphatic rings. The molecule has 0 aliphatic heterocycles. The average molecular weight is 481 g/mol. The fourth-order valence-electron chi connectivity index (χ4n) is 3.09. The fraction of sp³-hybridized carbons (Fsp3) is 0.261. The molecule has 1 unspecified atom stereocenters. The van der Waals surface area contributed by atoms with E-state index in [-0.39, 0.29) is 12.2 Å². The normalized spacial score (nSPS) is 12.4. The highest BCUT2D eigenvalue weighted by atomic mass is 35.5. The molecule has 0 radical (unpaired) electrons. The quantitative estimate of drug-likeness (QED) is 0.303. The summed E-state index contributed by atoms with van der Waals surface area (Å²) in [6, 6.07) is 16.0. The second-order valence-corrected chi connectivity index (χ2v) is 7.77. The van der Waals surface area contributed by atoms with Crippen LogP contribution in [-0.2, 0) is 6.42 Å². The van der Waals surface area contributed by atoms with Crippen LogP contribution in [0.25, 0.3) is 28.0 Å². The Hall–Kier alpha value is -2.64. The first kappa shape index (κ1) is 24.0. The SMILES string of the molecule is CC.CC(Cc1nnc2cc(-c3ccc(Cl)cc3)c(-c3ccccc3Cl)nn12)C(F)(F)F. The summed E-state index contributed by atoms with van der Waals surface area (Å²) in [5.74, 6) is -1.45. The molecule has 4 aromatic rings.